The molecule has 0 saturated heterocycles. The third-order valence-corrected chi connectivity index (χ3v) is 4.94. The minimum atomic E-state index is -0.181. The number of hydrogen-bond donors (Lipinski definition) is 0. The van der Waals surface area contributed by atoms with Gasteiger partial charge in [-0.25, -0.2) is 4.39 Å². The van der Waals surface area contributed by atoms with Crippen LogP contribution in [-0.4, -0.2) is 0 Å². The predicted molar refractivity (Wildman–Crippen MR) is 78.8 cm³/mol. The number of benzene rings is 1. The standard InChI is InChI=1S/C12H9BrFIS/c13-11(9-6-12(15)16-7-9)5-8-1-3-10(14)4-2-8/h1-4,6-7,11H,5H2. The van der Waals surface area contributed by atoms with Crippen molar-refractivity contribution in [2.45, 2.75) is 11.2 Å². The van der Waals surface area contributed by atoms with E-state index in [4.69, 9.17) is 0 Å². The molecule has 0 bridgehead atoms. The highest BCUT2D eigenvalue weighted by molar-refractivity contribution is 14.1. The van der Waals surface area contributed by atoms with Gasteiger partial charge < -0.3 is 0 Å². The molecule has 0 nitrogen and oxygen atoms in total. The molecule has 0 spiro atoms. The molecule has 0 aliphatic carbocycles. The van der Waals surface area contributed by atoms with Crippen molar-refractivity contribution >= 4 is 49.9 Å². The summed E-state index contributed by atoms with van der Waals surface area (Å²) in [7, 11) is 0. The van der Waals surface area contributed by atoms with Crippen LogP contribution in [0.5, 0.6) is 0 Å². The first-order chi connectivity index (χ1) is 7.65. The van der Waals surface area contributed by atoms with Crippen molar-refractivity contribution in [3.05, 3.63) is 55.5 Å². The molecule has 0 radical (unpaired) electrons. The maximum Gasteiger partial charge on any atom is 0.123 e. The Morgan fingerprint density at radius 2 is 2.00 bits per heavy atom. The third kappa shape index (κ3) is 3.28. The topological polar surface area (TPSA) is 0 Å². The Morgan fingerprint density at radius 1 is 1.31 bits per heavy atom. The Morgan fingerprint density at radius 3 is 2.56 bits per heavy atom. The van der Waals surface area contributed by atoms with Crippen molar-refractivity contribution in [2.75, 3.05) is 0 Å². The molecule has 84 valence electrons. The van der Waals surface area contributed by atoms with Crippen molar-refractivity contribution in [1.29, 1.82) is 0 Å². The fourth-order valence-electron chi connectivity index (χ4n) is 1.43. The van der Waals surface area contributed by atoms with Crippen LogP contribution in [0.15, 0.2) is 35.7 Å². The van der Waals surface area contributed by atoms with Gasteiger partial charge in [0, 0.05) is 4.83 Å². The van der Waals surface area contributed by atoms with Gasteiger partial charge in [-0.15, -0.1) is 11.3 Å². The van der Waals surface area contributed by atoms with E-state index in [0.717, 1.165) is 12.0 Å². The molecule has 16 heavy (non-hydrogen) atoms. The summed E-state index contributed by atoms with van der Waals surface area (Å²) in [6.45, 7) is 0. The Balaban J connectivity index is 2.07. The Labute approximate surface area is 120 Å². The number of thiophene rings is 1. The second kappa shape index (κ2) is 5.60. The molecule has 4 heteroatoms. The largest absolute Gasteiger partial charge is 0.207 e. The fourth-order valence-corrected chi connectivity index (χ4v) is 3.67. The van der Waals surface area contributed by atoms with Crippen LogP contribution >= 0.6 is 49.9 Å². The highest BCUT2D eigenvalue weighted by Crippen LogP contribution is 2.31. The van der Waals surface area contributed by atoms with Gasteiger partial charge in [-0.05, 0) is 63.7 Å². The molecule has 1 aromatic heterocycles. The van der Waals surface area contributed by atoms with Gasteiger partial charge in [0.15, 0.2) is 0 Å². The number of hydrogen-bond acceptors (Lipinski definition) is 1. The van der Waals surface area contributed by atoms with Crippen LogP contribution in [0.4, 0.5) is 4.39 Å². The molecule has 0 N–H and O–H groups in total. The Bertz CT molecular complexity index is 466. The molecule has 2 rings (SSSR count). The van der Waals surface area contributed by atoms with Gasteiger partial charge in [-0.1, -0.05) is 28.1 Å². The molecule has 0 saturated carbocycles. The van der Waals surface area contributed by atoms with Crippen molar-refractivity contribution in [2.24, 2.45) is 0 Å². The van der Waals surface area contributed by atoms with Gasteiger partial charge in [0.2, 0.25) is 0 Å². The molecule has 1 unspecified atom stereocenters. The first kappa shape index (κ1) is 12.5. The zero-order valence-corrected chi connectivity index (χ0v) is 12.9. The lowest BCUT2D eigenvalue weighted by atomic mass is 10.1. The molecule has 0 amide bonds. The van der Waals surface area contributed by atoms with Crippen LogP contribution in [0, 0.1) is 8.70 Å². The van der Waals surface area contributed by atoms with Crippen LogP contribution < -0.4 is 0 Å². The third-order valence-electron chi connectivity index (χ3n) is 2.28. The van der Waals surface area contributed by atoms with Gasteiger partial charge >= 0.3 is 0 Å². The molecule has 1 aromatic carbocycles. The van der Waals surface area contributed by atoms with Crippen LogP contribution in [0.2, 0.25) is 0 Å². The minimum Gasteiger partial charge on any atom is -0.207 e. The number of alkyl halides is 1. The van der Waals surface area contributed by atoms with E-state index in [1.807, 2.05) is 12.1 Å². The van der Waals surface area contributed by atoms with Crippen LogP contribution in [-0.2, 0) is 6.42 Å². The highest BCUT2D eigenvalue weighted by atomic mass is 127. The fraction of sp³-hybridized carbons (Fsp3) is 0.167. The van der Waals surface area contributed by atoms with Crippen LogP contribution in [0.1, 0.15) is 16.0 Å². The lowest BCUT2D eigenvalue weighted by Gasteiger charge is -2.07. The first-order valence-corrected chi connectivity index (χ1v) is 7.65. The van der Waals surface area contributed by atoms with Crippen LogP contribution in [0.3, 0.4) is 0 Å². The van der Waals surface area contributed by atoms with E-state index in [9.17, 15) is 4.39 Å². The highest BCUT2D eigenvalue weighted by Gasteiger charge is 2.10. The quantitative estimate of drug-likeness (QED) is 0.483. The van der Waals surface area contributed by atoms with E-state index >= 15 is 0 Å². The first-order valence-electron chi connectivity index (χ1n) is 4.77. The summed E-state index contributed by atoms with van der Waals surface area (Å²) in [5.74, 6) is -0.181. The number of halogens is 3. The zero-order chi connectivity index (χ0) is 11.5. The van der Waals surface area contributed by atoms with E-state index in [-0.39, 0.29) is 5.82 Å². The summed E-state index contributed by atoms with van der Waals surface area (Å²) < 4.78 is 14.0. The molecular formula is C12H9BrFIS. The summed E-state index contributed by atoms with van der Waals surface area (Å²) in [6.07, 6.45) is 0.882. The molecule has 1 atom stereocenters. The molecule has 1 heterocycles. The summed E-state index contributed by atoms with van der Waals surface area (Å²) in [6, 6.07) is 8.86. The van der Waals surface area contributed by atoms with E-state index in [0.29, 0.717) is 4.83 Å². The van der Waals surface area contributed by atoms with Gasteiger partial charge in [-0.3, -0.25) is 0 Å². The Kier molecular flexibility index (Phi) is 4.38. The van der Waals surface area contributed by atoms with Gasteiger partial charge in [0.25, 0.3) is 0 Å². The predicted octanol–water partition coefficient (Wildman–Crippen LogP) is 5.17. The molecular weight excluding hydrogens is 402 g/mol. The second-order valence-corrected chi connectivity index (χ2v) is 7.39. The Hall–Kier alpha value is 0.0600. The SMILES string of the molecule is Fc1ccc(CC(Br)c2csc(I)c2)cc1. The van der Waals surface area contributed by atoms with Gasteiger partial charge in [-0.2, -0.15) is 0 Å². The van der Waals surface area contributed by atoms with Crippen molar-refractivity contribution in [3.63, 3.8) is 0 Å². The molecule has 0 aliphatic rings. The summed E-state index contributed by atoms with van der Waals surface area (Å²) in [5, 5.41) is 2.16. The van der Waals surface area contributed by atoms with Crippen molar-refractivity contribution in [3.8, 4) is 0 Å². The summed E-state index contributed by atoms with van der Waals surface area (Å²) in [4.78, 5) is 0.303. The summed E-state index contributed by atoms with van der Waals surface area (Å²) in [5.41, 5.74) is 2.43. The maximum absolute atomic E-state index is 12.7. The van der Waals surface area contributed by atoms with Gasteiger partial charge in [0.05, 0.1) is 2.88 Å². The van der Waals surface area contributed by atoms with E-state index < -0.39 is 0 Å². The summed E-state index contributed by atoms with van der Waals surface area (Å²) >= 11 is 7.72. The maximum atomic E-state index is 12.7. The second-order valence-electron chi connectivity index (χ2n) is 3.48. The van der Waals surface area contributed by atoms with Gasteiger partial charge in [0.1, 0.15) is 5.82 Å². The number of rotatable bonds is 3. The van der Waals surface area contributed by atoms with E-state index in [1.165, 1.54) is 20.6 Å². The van der Waals surface area contributed by atoms with Crippen LogP contribution in [0.25, 0.3) is 0 Å². The molecule has 2 aromatic rings. The minimum absolute atomic E-state index is 0.181. The van der Waals surface area contributed by atoms with Crippen molar-refractivity contribution < 1.29 is 4.39 Å². The van der Waals surface area contributed by atoms with E-state index in [2.05, 4.69) is 50.0 Å². The molecule has 0 aliphatic heterocycles. The smallest absolute Gasteiger partial charge is 0.123 e. The lowest BCUT2D eigenvalue weighted by Crippen LogP contribution is -1.93. The monoisotopic (exact) mass is 410 g/mol. The van der Waals surface area contributed by atoms with E-state index in [1.54, 1.807) is 11.3 Å². The molecule has 0 fully saturated rings. The average molecular weight is 411 g/mol. The van der Waals surface area contributed by atoms with Crippen molar-refractivity contribution in [1.82, 2.24) is 0 Å². The zero-order valence-electron chi connectivity index (χ0n) is 8.29. The normalized spacial score (nSPS) is 12.7. The average Bonchev–Trinajstić information content (AvgIpc) is 2.68. The lowest BCUT2D eigenvalue weighted by molar-refractivity contribution is 0.627.